The molecule has 0 aliphatic heterocycles. The van der Waals surface area contributed by atoms with E-state index in [9.17, 15) is 4.79 Å². The molecule has 4 rings (SSSR count). The van der Waals surface area contributed by atoms with Crippen molar-refractivity contribution >= 4 is 5.91 Å². The predicted octanol–water partition coefficient (Wildman–Crippen LogP) is 6.89. The van der Waals surface area contributed by atoms with Crippen molar-refractivity contribution in [1.29, 1.82) is 0 Å². The SMILES string of the molecule is CCC1(c2cc(-c3cc(C(N)=O)c(C)n3CC3CCCCC3)cc(C(C)(C)C)c2OC)CC1. The van der Waals surface area contributed by atoms with E-state index in [2.05, 4.69) is 51.3 Å². The lowest BCUT2D eigenvalue weighted by atomic mass is 9.80. The Hall–Kier alpha value is -2.23. The molecule has 4 heteroatoms. The third kappa shape index (κ3) is 4.46. The molecule has 2 saturated carbocycles. The molecule has 4 nitrogen and oxygen atoms in total. The maximum atomic E-state index is 12.3. The van der Waals surface area contributed by atoms with Gasteiger partial charge in [-0.15, -0.1) is 0 Å². The number of hydrogen-bond donors (Lipinski definition) is 1. The molecule has 2 aliphatic rings. The van der Waals surface area contributed by atoms with Crippen LogP contribution in [0.15, 0.2) is 18.2 Å². The standard InChI is InChI=1S/C29H42N2O2/c1-7-29(13-14-29)24-16-21(15-23(26(24)33-6)28(3,4)5)25-17-22(27(30)32)19(2)31(25)18-20-11-9-8-10-12-20/h15-17,20H,7-14,18H2,1-6H3,(H2,30,32). The van der Waals surface area contributed by atoms with Gasteiger partial charge in [0, 0.05) is 29.1 Å². The van der Waals surface area contributed by atoms with Crippen molar-refractivity contribution in [2.45, 2.75) is 103 Å². The number of carbonyl (C=O) groups is 1. The topological polar surface area (TPSA) is 57.2 Å². The highest BCUT2D eigenvalue weighted by Gasteiger charge is 2.45. The predicted molar refractivity (Wildman–Crippen MR) is 136 cm³/mol. The van der Waals surface area contributed by atoms with Crippen molar-refractivity contribution in [2.75, 3.05) is 7.11 Å². The minimum atomic E-state index is -0.340. The lowest BCUT2D eigenvalue weighted by Gasteiger charge is -2.29. The van der Waals surface area contributed by atoms with Crippen molar-refractivity contribution in [1.82, 2.24) is 4.57 Å². The van der Waals surface area contributed by atoms with Crippen molar-refractivity contribution in [3.05, 3.63) is 40.6 Å². The van der Waals surface area contributed by atoms with Gasteiger partial charge in [-0.3, -0.25) is 4.79 Å². The minimum absolute atomic E-state index is 0.0533. The van der Waals surface area contributed by atoms with Gasteiger partial charge in [0.1, 0.15) is 5.75 Å². The lowest BCUT2D eigenvalue weighted by molar-refractivity contribution is 0.0999. The van der Waals surface area contributed by atoms with Crippen LogP contribution in [0.4, 0.5) is 0 Å². The molecule has 0 radical (unpaired) electrons. The monoisotopic (exact) mass is 450 g/mol. The van der Waals surface area contributed by atoms with Crippen LogP contribution in [0, 0.1) is 12.8 Å². The first-order valence-electron chi connectivity index (χ1n) is 12.8. The fourth-order valence-electron chi connectivity index (χ4n) is 5.91. The molecule has 33 heavy (non-hydrogen) atoms. The second kappa shape index (κ2) is 8.85. The first kappa shape index (κ1) is 23.9. The maximum Gasteiger partial charge on any atom is 0.250 e. The minimum Gasteiger partial charge on any atom is -0.496 e. The second-order valence-electron chi connectivity index (χ2n) is 11.5. The van der Waals surface area contributed by atoms with Crippen LogP contribution in [0.25, 0.3) is 11.3 Å². The van der Waals surface area contributed by atoms with Gasteiger partial charge < -0.3 is 15.0 Å². The third-order valence-corrected chi connectivity index (χ3v) is 8.30. The number of amides is 1. The number of nitrogens with zero attached hydrogens (tertiary/aromatic N) is 1. The van der Waals surface area contributed by atoms with Gasteiger partial charge in [0.05, 0.1) is 12.7 Å². The van der Waals surface area contributed by atoms with Gasteiger partial charge in [-0.2, -0.15) is 0 Å². The molecule has 1 heterocycles. The number of ether oxygens (including phenoxy) is 1. The molecule has 180 valence electrons. The van der Waals surface area contributed by atoms with Crippen molar-refractivity contribution in [3.63, 3.8) is 0 Å². The summed E-state index contributed by atoms with van der Waals surface area (Å²) in [4.78, 5) is 12.3. The number of rotatable bonds is 7. The summed E-state index contributed by atoms with van der Waals surface area (Å²) >= 11 is 0. The van der Waals surface area contributed by atoms with Crippen LogP contribution in [0.1, 0.15) is 106 Å². The average molecular weight is 451 g/mol. The van der Waals surface area contributed by atoms with Crippen LogP contribution in [-0.2, 0) is 17.4 Å². The van der Waals surface area contributed by atoms with Crippen LogP contribution in [0.2, 0.25) is 0 Å². The van der Waals surface area contributed by atoms with E-state index in [0.717, 1.165) is 30.1 Å². The van der Waals surface area contributed by atoms with Gasteiger partial charge >= 0.3 is 0 Å². The van der Waals surface area contributed by atoms with Crippen molar-refractivity contribution in [2.24, 2.45) is 11.7 Å². The molecule has 0 spiro atoms. The van der Waals surface area contributed by atoms with E-state index in [1.807, 2.05) is 6.07 Å². The summed E-state index contributed by atoms with van der Waals surface area (Å²) in [6.45, 7) is 12.1. The number of benzene rings is 1. The van der Waals surface area contributed by atoms with Crippen LogP contribution >= 0.6 is 0 Å². The van der Waals surface area contributed by atoms with Crippen LogP contribution < -0.4 is 10.5 Å². The molecule has 1 amide bonds. The molecule has 1 aromatic heterocycles. The van der Waals surface area contributed by atoms with E-state index in [1.165, 1.54) is 61.6 Å². The van der Waals surface area contributed by atoms with E-state index >= 15 is 0 Å². The quantitative estimate of drug-likeness (QED) is 0.499. The highest BCUT2D eigenvalue weighted by molar-refractivity contribution is 5.95. The first-order chi connectivity index (χ1) is 15.6. The maximum absolute atomic E-state index is 12.3. The highest BCUT2D eigenvalue weighted by Crippen LogP contribution is 2.56. The Morgan fingerprint density at radius 1 is 1.15 bits per heavy atom. The van der Waals surface area contributed by atoms with E-state index in [-0.39, 0.29) is 16.7 Å². The second-order valence-corrected chi connectivity index (χ2v) is 11.5. The molecular weight excluding hydrogens is 408 g/mol. The molecule has 2 aliphatic carbocycles. The average Bonchev–Trinajstić information content (AvgIpc) is 3.52. The summed E-state index contributed by atoms with van der Waals surface area (Å²) in [6, 6.07) is 6.68. The van der Waals surface area contributed by atoms with Gasteiger partial charge in [0.2, 0.25) is 0 Å². The van der Waals surface area contributed by atoms with E-state index in [0.29, 0.717) is 11.5 Å². The van der Waals surface area contributed by atoms with E-state index < -0.39 is 0 Å². The molecule has 2 fully saturated rings. The Labute approximate surface area is 199 Å². The number of primary amides is 1. The lowest BCUT2D eigenvalue weighted by Crippen LogP contribution is -2.18. The summed E-state index contributed by atoms with van der Waals surface area (Å²) < 4.78 is 8.43. The zero-order valence-electron chi connectivity index (χ0n) is 21.5. The molecule has 0 unspecified atom stereocenters. The van der Waals surface area contributed by atoms with Gasteiger partial charge in [-0.1, -0.05) is 47.0 Å². The Morgan fingerprint density at radius 3 is 2.33 bits per heavy atom. The zero-order chi connectivity index (χ0) is 24.0. The normalized spacial score (nSPS) is 18.4. The zero-order valence-corrected chi connectivity index (χ0v) is 21.5. The summed E-state index contributed by atoms with van der Waals surface area (Å²) in [5.74, 6) is 1.37. The fourth-order valence-corrected chi connectivity index (χ4v) is 5.91. The van der Waals surface area contributed by atoms with Gasteiger partial charge in [0.15, 0.2) is 0 Å². The molecule has 0 atom stereocenters. The highest BCUT2D eigenvalue weighted by atomic mass is 16.5. The van der Waals surface area contributed by atoms with Gasteiger partial charge in [-0.25, -0.2) is 0 Å². The summed E-state index contributed by atoms with van der Waals surface area (Å²) in [7, 11) is 1.81. The summed E-state index contributed by atoms with van der Waals surface area (Å²) in [5.41, 5.74) is 12.5. The molecule has 0 bridgehead atoms. The van der Waals surface area contributed by atoms with Crippen LogP contribution in [0.3, 0.4) is 0 Å². The van der Waals surface area contributed by atoms with Crippen LogP contribution in [-0.4, -0.2) is 17.6 Å². The Morgan fingerprint density at radius 2 is 1.82 bits per heavy atom. The first-order valence-corrected chi connectivity index (χ1v) is 12.8. The molecule has 2 aromatic rings. The smallest absolute Gasteiger partial charge is 0.250 e. The number of carbonyl (C=O) groups excluding carboxylic acids is 1. The number of methoxy groups -OCH3 is 1. The van der Waals surface area contributed by atoms with E-state index in [1.54, 1.807) is 7.11 Å². The summed E-state index contributed by atoms with van der Waals surface area (Å²) in [5, 5.41) is 0. The Kier molecular flexibility index (Phi) is 6.41. The van der Waals surface area contributed by atoms with Gasteiger partial charge in [0.25, 0.3) is 5.91 Å². The van der Waals surface area contributed by atoms with Crippen molar-refractivity contribution < 1.29 is 9.53 Å². The Bertz CT molecular complexity index is 1030. The number of hydrogen-bond acceptors (Lipinski definition) is 2. The number of aromatic nitrogens is 1. The fraction of sp³-hybridized carbons (Fsp3) is 0.621. The van der Waals surface area contributed by atoms with Gasteiger partial charge in [-0.05, 0) is 79.5 Å². The molecule has 1 aromatic carbocycles. The molecule has 2 N–H and O–H groups in total. The summed E-state index contributed by atoms with van der Waals surface area (Å²) in [6.07, 6.45) is 10.0. The molecular formula is C29H42N2O2. The third-order valence-electron chi connectivity index (χ3n) is 8.30. The Balaban J connectivity index is 1.91. The van der Waals surface area contributed by atoms with Crippen LogP contribution in [0.5, 0.6) is 5.75 Å². The number of nitrogens with two attached hydrogens (primary N) is 1. The van der Waals surface area contributed by atoms with E-state index in [4.69, 9.17) is 10.5 Å². The van der Waals surface area contributed by atoms with Crippen molar-refractivity contribution in [3.8, 4) is 17.0 Å². The largest absolute Gasteiger partial charge is 0.496 e. The molecule has 0 saturated heterocycles.